The van der Waals surface area contributed by atoms with E-state index in [2.05, 4.69) is 0 Å². The van der Waals surface area contributed by atoms with Crippen molar-refractivity contribution in [3.05, 3.63) is 0 Å². The van der Waals surface area contributed by atoms with Crippen LogP contribution in [0.4, 0.5) is 0 Å². The Morgan fingerprint density at radius 3 is 2.40 bits per heavy atom. The van der Waals surface area contributed by atoms with Gasteiger partial charge in [-0.1, -0.05) is 19.3 Å². The Morgan fingerprint density at radius 1 is 1.30 bits per heavy atom. The first-order valence-electron chi connectivity index (χ1n) is 3.98. The number of carbonyl (C=O) groups is 1. The van der Waals surface area contributed by atoms with Crippen molar-refractivity contribution in [1.82, 2.24) is 0 Å². The second kappa shape index (κ2) is 3.71. The molecule has 0 spiro atoms. The first kappa shape index (κ1) is 7.73. The molecule has 58 valence electrons. The van der Waals surface area contributed by atoms with Crippen LogP contribution in [0.3, 0.4) is 0 Å². The molecule has 1 unspecified atom stereocenters. The van der Waals surface area contributed by atoms with Gasteiger partial charge in [0, 0.05) is 0 Å². The minimum atomic E-state index is -0.694. The van der Waals surface area contributed by atoms with Gasteiger partial charge in [-0.3, -0.25) is 0 Å². The van der Waals surface area contributed by atoms with Crippen molar-refractivity contribution in [2.45, 2.75) is 38.2 Å². The van der Waals surface area contributed by atoms with Gasteiger partial charge in [-0.15, -0.1) is 0 Å². The lowest BCUT2D eigenvalue weighted by Crippen LogP contribution is -2.23. The number of aldehydes is 1. The molecule has 0 amide bonds. The molecule has 0 heterocycles. The zero-order valence-electron chi connectivity index (χ0n) is 6.12. The fraction of sp³-hybridized carbons (Fsp3) is 0.875. The van der Waals surface area contributed by atoms with E-state index in [1.807, 2.05) is 0 Å². The van der Waals surface area contributed by atoms with E-state index in [0.717, 1.165) is 12.8 Å². The quantitative estimate of drug-likeness (QED) is 0.587. The van der Waals surface area contributed by atoms with Crippen molar-refractivity contribution in [2.75, 3.05) is 0 Å². The van der Waals surface area contributed by atoms with E-state index in [1.165, 1.54) is 19.3 Å². The van der Waals surface area contributed by atoms with Gasteiger partial charge in [-0.05, 0) is 18.8 Å². The van der Waals surface area contributed by atoms with Crippen LogP contribution in [0.1, 0.15) is 32.1 Å². The molecule has 1 rings (SSSR count). The molecule has 2 heteroatoms. The van der Waals surface area contributed by atoms with Crippen LogP contribution in [0.5, 0.6) is 0 Å². The van der Waals surface area contributed by atoms with Crippen LogP contribution in [0, 0.1) is 5.92 Å². The maximum Gasteiger partial charge on any atom is 0.148 e. The minimum absolute atomic E-state index is 0.256. The Bertz CT molecular complexity index is 106. The fourth-order valence-corrected chi connectivity index (χ4v) is 1.59. The molecule has 0 radical (unpaired) electrons. The summed E-state index contributed by atoms with van der Waals surface area (Å²) in [6.07, 6.45) is 5.64. The normalized spacial score (nSPS) is 24.1. The van der Waals surface area contributed by atoms with Crippen LogP contribution < -0.4 is 0 Å². The fourth-order valence-electron chi connectivity index (χ4n) is 1.59. The maximum atomic E-state index is 10.2. The van der Waals surface area contributed by atoms with Gasteiger partial charge in [0.2, 0.25) is 0 Å². The minimum Gasteiger partial charge on any atom is -0.385 e. The molecular formula is C8H14O2. The molecule has 0 aromatic heterocycles. The predicted molar refractivity (Wildman–Crippen MR) is 38.6 cm³/mol. The average Bonchev–Trinajstić information content (AvgIpc) is 2.05. The standard InChI is InChI=1S/C8H14O2/c9-6-8(10)7-4-2-1-3-5-7/h6-8,10H,1-5H2. The van der Waals surface area contributed by atoms with E-state index in [-0.39, 0.29) is 5.92 Å². The molecule has 2 nitrogen and oxygen atoms in total. The lowest BCUT2D eigenvalue weighted by atomic mass is 9.86. The molecule has 1 atom stereocenters. The predicted octanol–water partition coefficient (Wildman–Crippen LogP) is 1.13. The topological polar surface area (TPSA) is 37.3 Å². The lowest BCUT2D eigenvalue weighted by molar-refractivity contribution is -0.117. The Kier molecular flexibility index (Phi) is 2.87. The van der Waals surface area contributed by atoms with Crippen molar-refractivity contribution in [3.63, 3.8) is 0 Å². The molecule has 1 N–H and O–H groups in total. The largest absolute Gasteiger partial charge is 0.385 e. The molecule has 1 aliphatic rings. The zero-order chi connectivity index (χ0) is 7.40. The summed E-state index contributed by atoms with van der Waals surface area (Å²) < 4.78 is 0. The molecule has 10 heavy (non-hydrogen) atoms. The number of aliphatic hydroxyl groups excluding tert-OH is 1. The third kappa shape index (κ3) is 1.81. The van der Waals surface area contributed by atoms with Crippen LogP contribution in [-0.2, 0) is 4.79 Å². The van der Waals surface area contributed by atoms with Gasteiger partial charge < -0.3 is 9.90 Å². The molecule has 0 aromatic carbocycles. The number of hydrogen-bond acceptors (Lipinski definition) is 2. The van der Waals surface area contributed by atoms with E-state index in [4.69, 9.17) is 5.11 Å². The smallest absolute Gasteiger partial charge is 0.148 e. The van der Waals surface area contributed by atoms with E-state index >= 15 is 0 Å². The van der Waals surface area contributed by atoms with Gasteiger partial charge in [0.05, 0.1) is 0 Å². The molecular weight excluding hydrogens is 128 g/mol. The third-order valence-corrected chi connectivity index (χ3v) is 2.27. The Balaban J connectivity index is 2.30. The summed E-state index contributed by atoms with van der Waals surface area (Å²) in [5.41, 5.74) is 0. The monoisotopic (exact) mass is 142 g/mol. The van der Waals surface area contributed by atoms with Crippen molar-refractivity contribution in [1.29, 1.82) is 0 Å². The van der Waals surface area contributed by atoms with Gasteiger partial charge in [0.25, 0.3) is 0 Å². The van der Waals surface area contributed by atoms with Gasteiger partial charge in [0.15, 0.2) is 0 Å². The van der Waals surface area contributed by atoms with Crippen molar-refractivity contribution < 1.29 is 9.90 Å². The van der Waals surface area contributed by atoms with E-state index < -0.39 is 6.10 Å². The van der Waals surface area contributed by atoms with Crippen molar-refractivity contribution in [3.8, 4) is 0 Å². The number of carbonyl (C=O) groups excluding carboxylic acids is 1. The van der Waals surface area contributed by atoms with Crippen molar-refractivity contribution in [2.24, 2.45) is 5.92 Å². The number of aliphatic hydroxyl groups is 1. The first-order valence-corrected chi connectivity index (χ1v) is 3.98. The molecule has 1 aliphatic carbocycles. The highest BCUT2D eigenvalue weighted by atomic mass is 16.3. The summed E-state index contributed by atoms with van der Waals surface area (Å²) in [4.78, 5) is 10.2. The lowest BCUT2D eigenvalue weighted by Gasteiger charge is -2.22. The van der Waals surface area contributed by atoms with Gasteiger partial charge in [-0.25, -0.2) is 0 Å². The Labute approximate surface area is 61.2 Å². The average molecular weight is 142 g/mol. The molecule has 1 saturated carbocycles. The van der Waals surface area contributed by atoms with Crippen LogP contribution in [0.25, 0.3) is 0 Å². The summed E-state index contributed by atoms with van der Waals surface area (Å²) in [5, 5.41) is 9.11. The highest BCUT2D eigenvalue weighted by Gasteiger charge is 2.20. The van der Waals surface area contributed by atoms with Crippen LogP contribution in [0.15, 0.2) is 0 Å². The van der Waals surface area contributed by atoms with Crippen molar-refractivity contribution >= 4 is 6.29 Å². The molecule has 0 bridgehead atoms. The van der Waals surface area contributed by atoms with Gasteiger partial charge >= 0.3 is 0 Å². The molecule has 0 saturated heterocycles. The van der Waals surface area contributed by atoms with Crippen LogP contribution >= 0.6 is 0 Å². The van der Waals surface area contributed by atoms with Gasteiger partial charge in [0.1, 0.15) is 12.4 Å². The van der Waals surface area contributed by atoms with Crippen LogP contribution in [0.2, 0.25) is 0 Å². The number of hydrogen-bond donors (Lipinski definition) is 1. The van der Waals surface area contributed by atoms with Gasteiger partial charge in [-0.2, -0.15) is 0 Å². The zero-order valence-corrected chi connectivity index (χ0v) is 6.12. The highest BCUT2D eigenvalue weighted by Crippen LogP contribution is 2.25. The summed E-state index contributed by atoms with van der Waals surface area (Å²) in [7, 11) is 0. The summed E-state index contributed by atoms with van der Waals surface area (Å²) in [5.74, 6) is 0.256. The van der Waals surface area contributed by atoms with Crippen LogP contribution in [-0.4, -0.2) is 17.5 Å². The molecule has 0 aliphatic heterocycles. The highest BCUT2D eigenvalue weighted by molar-refractivity contribution is 5.56. The van der Waals surface area contributed by atoms with E-state index in [1.54, 1.807) is 0 Å². The molecule has 0 aromatic rings. The Hall–Kier alpha value is -0.370. The second-order valence-electron chi connectivity index (χ2n) is 3.02. The number of rotatable bonds is 2. The first-order chi connectivity index (χ1) is 4.84. The third-order valence-electron chi connectivity index (χ3n) is 2.27. The molecule has 1 fully saturated rings. The maximum absolute atomic E-state index is 10.2. The summed E-state index contributed by atoms with van der Waals surface area (Å²) >= 11 is 0. The SMILES string of the molecule is O=CC(O)C1CCCCC1. The summed E-state index contributed by atoms with van der Waals surface area (Å²) in [6, 6.07) is 0. The Morgan fingerprint density at radius 2 is 1.90 bits per heavy atom. The van der Waals surface area contributed by atoms with E-state index in [9.17, 15) is 4.79 Å². The van der Waals surface area contributed by atoms with E-state index in [0.29, 0.717) is 6.29 Å². The second-order valence-corrected chi connectivity index (χ2v) is 3.02. The summed E-state index contributed by atoms with van der Waals surface area (Å²) in [6.45, 7) is 0.